The lowest BCUT2D eigenvalue weighted by molar-refractivity contribution is 0.0930. The van der Waals surface area contributed by atoms with Crippen molar-refractivity contribution in [3.8, 4) is 0 Å². The Morgan fingerprint density at radius 3 is 3.00 bits per heavy atom. The molecular formula is C17H21ClN6O2. The lowest BCUT2D eigenvalue weighted by atomic mass is 10.2. The summed E-state index contributed by atoms with van der Waals surface area (Å²) in [5.74, 6) is 0.454. The number of nitrogens with one attached hydrogen (secondary N) is 1. The minimum absolute atomic E-state index is 0.240. The monoisotopic (exact) mass is 376 g/mol. The lowest BCUT2D eigenvalue weighted by Crippen LogP contribution is -2.30. The normalized spacial score (nSPS) is 12.5. The van der Waals surface area contributed by atoms with Gasteiger partial charge in [-0.3, -0.25) is 9.20 Å². The van der Waals surface area contributed by atoms with Crippen LogP contribution in [0.25, 0.3) is 5.65 Å². The molecule has 9 heteroatoms. The highest BCUT2D eigenvalue weighted by atomic mass is 35.5. The fourth-order valence-electron chi connectivity index (χ4n) is 2.89. The molecule has 0 bridgehead atoms. The molecule has 3 heterocycles. The number of ether oxygens (including phenoxy) is 1. The Labute approximate surface area is 156 Å². The summed E-state index contributed by atoms with van der Waals surface area (Å²) >= 11 is 6.06. The molecule has 1 amide bonds. The van der Waals surface area contributed by atoms with Gasteiger partial charge in [-0.2, -0.15) is 0 Å². The Hall–Kier alpha value is -2.45. The van der Waals surface area contributed by atoms with E-state index in [9.17, 15) is 4.79 Å². The molecule has 0 aliphatic carbocycles. The second kappa shape index (κ2) is 7.84. The number of rotatable bonds is 7. The average molecular weight is 377 g/mol. The number of fused-ring (bicyclic) bond motifs is 1. The molecule has 1 N–H and O–H groups in total. The largest absolute Gasteiger partial charge is 0.385 e. The van der Waals surface area contributed by atoms with Gasteiger partial charge in [0.05, 0.1) is 16.8 Å². The van der Waals surface area contributed by atoms with Crippen LogP contribution in [-0.4, -0.2) is 43.8 Å². The number of carbonyl (C=O) groups excluding carboxylic acids is 1. The highest BCUT2D eigenvalue weighted by Gasteiger charge is 2.21. The number of methoxy groups -OCH3 is 1. The Morgan fingerprint density at radius 1 is 1.42 bits per heavy atom. The summed E-state index contributed by atoms with van der Waals surface area (Å²) in [7, 11) is 1.67. The molecule has 0 saturated carbocycles. The van der Waals surface area contributed by atoms with E-state index in [0.29, 0.717) is 34.5 Å². The summed E-state index contributed by atoms with van der Waals surface area (Å²) < 4.78 is 8.69. The Kier molecular flexibility index (Phi) is 5.53. The number of aromatic nitrogens is 5. The van der Waals surface area contributed by atoms with Crippen LogP contribution in [0.4, 0.5) is 0 Å². The average Bonchev–Trinajstić information content (AvgIpc) is 3.18. The number of carbonyl (C=O) groups is 1. The van der Waals surface area contributed by atoms with Crippen molar-refractivity contribution >= 4 is 23.2 Å². The summed E-state index contributed by atoms with van der Waals surface area (Å²) in [6, 6.07) is 3.22. The van der Waals surface area contributed by atoms with E-state index in [1.807, 2.05) is 11.5 Å². The van der Waals surface area contributed by atoms with Crippen molar-refractivity contribution in [3.63, 3.8) is 0 Å². The van der Waals surface area contributed by atoms with Gasteiger partial charge in [0.15, 0.2) is 5.82 Å². The second-order valence-electron chi connectivity index (χ2n) is 6.05. The molecule has 0 spiro atoms. The Morgan fingerprint density at radius 2 is 2.23 bits per heavy atom. The van der Waals surface area contributed by atoms with Crippen molar-refractivity contribution in [1.29, 1.82) is 0 Å². The predicted octanol–water partition coefficient (Wildman–Crippen LogP) is 2.42. The topological polar surface area (TPSA) is 86.3 Å². The molecule has 0 aliphatic rings. The smallest absolute Gasteiger partial charge is 0.270 e. The van der Waals surface area contributed by atoms with Gasteiger partial charge in [-0.05, 0) is 32.4 Å². The van der Waals surface area contributed by atoms with Crippen LogP contribution in [0, 0.1) is 6.92 Å². The second-order valence-corrected chi connectivity index (χ2v) is 6.48. The molecule has 3 aromatic rings. The maximum atomic E-state index is 12.8. The van der Waals surface area contributed by atoms with E-state index in [1.54, 1.807) is 43.1 Å². The summed E-state index contributed by atoms with van der Waals surface area (Å²) in [6.45, 7) is 5.05. The number of aryl methyl sites for hydroxylation is 2. The maximum absolute atomic E-state index is 12.8. The van der Waals surface area contributed by atoms with E-state index in [2.05, 4.69) is 20.5 Å². The first-order valence-corrected chi connectivity index (χ1v) is 8.70. The predicted molar refractivity (Wildman–Crippen MR) is 97.3 cm³/mol. The quantitative estimate of drug-likeness (QED) is 0.640. The van der Waals surface area contributed by atoms with Gasteiger partial charge in [-0.15, -0.1) is 10.2 Å². The van der Waals surface area contributed by atoms with E-state index in [-0.39, 0.29) is 11.9 Å². The minimum Gasteiger partial charge on any atom is -0.385 e. The third-order valence-electron chi connectivity index (χ3n) is 4.10. The van der Waals surface area contributed by atoms with Crippen molar-refractivity contribution in [3.05, 3.63) is 46.9 Å². The SMILES string of the molecule is COCCCn1cnnc1[C@H](C)NC(=O)c1c(C)nc2ccc(Cl)cn12. The number of halogens is 1. The molecule has 138 valence electrons. The van der Waals surface area contributed by atoms with E-state index in [4.69, 9.17) is 16.3 Å². The van der Waals surface area contributed by atoms with Gasteiger partial charge >= 0.3 is 0 Å². The first kappa shape index (κ1) is 18.3. The highest BCUT2D eigenvalue weighted by molar-refractivity contribution is 6.30. The molecule has 3 rings (SSSR count). The van der Waals surface area contributed by atoms with Crippen molar-refractivity contribution in [1.82, 2.24) is 29.5 Å². The van der Waals surface area contributed by atoms with Gasteiger partial charge in [-0.25, -0.2) is 4.98 Å². The molecule has 0 radical (unpaired) electrons. The molecular weight excluding hydrogens is 356 g/mol. The van der Waals surface area contributed by atoms with Crippen LogP contribution in [0.2, 0.25) is 5.02 Å². The van der Waals surface area contributed by atoms with Crippen molar-refractivity contribution in [2.24, 2.45) is 0 Å². The van der Waals surface area contributed by atoms with Crippen molar-refractivity contribution in [2.75, 3.05) is 13.7 Å². The van der Waals surface area contributed by atoms with Crippen LogP contribution >= 0.6 is 11.6 Å². The van der Waals surface area contributed by atoms with Gasteiger partial charge < -0.3 is 14.6 Å². The molecule has 0 saturated heterocycles. The third-order valence-corrected chi connectivity index (χ3v) is 4.32. The number of nitrogens with zero attached hydrogens (tertiary/aromatic N) is 5. The van der Waals surface area contributed by atoms with Crippen LogP contribution in [0.15, 0.2) is 24.7 Å². The van der Waals surface area contributed by atoms with Crippen molar-refractivity contribution in [2.45, 2.75) is 32.9 Å². The Bertz CT molecular complexity index is 919. The zero-order valence-corrected chi connectivity index (χ0v) is 15.7. The number of amides is 1. The van der Waals surface area contributed by atoms with Crippen LogP contribution in [0.5, 0.6) is 0 Å². The fraction of sp³-hybridized carbons (Fsp3) is 0.412. The standard InChI is InChI=1S/C17H21ClN6O2/c1-11-15(24-9-13(18)5-6-14(24)20-11)17(25)21-12(2)16-22-19-10-23(16)7-4-8-26-3/h5-6,9-10,12H,4,7-8H2,1-3H3,(H,21,25)/t12-/m0/s1. The summed E-state index contributed by atoms with van der Waals surface area (Å²) in [4.78, 5) is 17.2. The molecule has 3 aromatic heterocycles. The van der Waals surface area contributed by atoms with Gasteiger partial charge in [0.1, 0.15) is 17.7 Å². The van der Waals surface area contributed by atoms with Crippen LogP contribution in [0.1, 0.15) is 41.4 Å². The Balaban J connectivity index is 1.79. The number of hydrogen-bond acceptors (Lipinski definition) is 5. The van der Waals surface area contributed by atoms with Gasteiger partial charge in [0.2, 0.25) is 0 Å². The van der Waals surface area contributed by atoms with E-state index < -0.39 is 0 Å². The van der Waals surface area contributed by atoms with E-state index in [0.717, 1.165) is 13.0 Å². The molecule has 1 atom stereocenters. The van der Waals surface area contributed by atoms with Crippen molar-refractivity contribution < 1.29 is 9.53 Å². The molecule has 26 heavy (non-hydrogen) atoms. The number of hydrogen-bond donors (Lipinski definition) is 1. The summed E-state index contributed by atoms with van der Waals surface area (Å²) in [5, 5.41) is 11.6. The first-order chi connectivity index (χ1) is 12.5. The zero-order valence-electron chi connectivity index (χ0n) is 14.9. The molecule has 0 aromatic carbocycles. The summed E-state index contributed by atoms with van der Waals surface area (Å²) in [6.07, 6.45) is 4.18. The lowest BCUT2D eigenvalue weighted by Gasteiger charge is -2.15. The van der Waals surface area contributed by atoms with Gasteiger partial charge in [-0.1, -0.05) is 11.6 Å². The van der Waals surface area contributed by atoms with E-state index in [1.165, 1.54) is 0 Å². The third kappa shape index (κ3) is 3.71. The minimum atomic E-state index is -0.309. The fourth-order valence-corrected chi connectivity index (χ4v) is 3.05. The number of pyridine rings is 1. The van der Waals surface area contributed by atoms with Crippen LogP contribution in [-0.2, 0) is 11.3 Å². The van der Waals surface area contributed by atoms with Gasteiger partial charge in [0.25, 0.3) is 5.91 Å². The highest BCUT2D eigenvalue weighted by Crippen LogP contribution is 2.18. The van der Waals surface area contributed by atoms with E-state index >= 15 is 0 Å². The molecule has 0 fully saturated rings. The first-order valence-electron chi connectivity index (χ1n) is 8.33. The maximum Gasteiger partial charge on any atom is 0.270 e. The van der Waals surface area contributed by atoms with Crippen LogP contribution < -0.4 is 5.32 Å². The van der Waals surface area contributed by atoms with Gasteiger partial charge in [0, 0.05) is 26.5 Å². The summed E-state index contributed by atoms with van der Waals surface area (Å²) in [5.41, 5.74) is 1.77. The molecule has 0 aliphatic heterocycles. The number of imidazole rings is 1. The zero-order chi connectivity index (χ0) is 18.7. The van der Waals surface area contributed by atoms with Crippen LogP contribution in [0.3, 0.4) is 0 Å². The molecule has 8 nitrogen and oxygen atoms in total. The molecule has 0 unspecified atom stereocenters.